The van der Waals surface area contributed by atoms with Crippen molar-refractivity contribution in [2.75, 3.05) is 54.4 Å². The van der Waals surface area contributed by atoms with Gasteiger partial charge in [0.1, 0.15) is 0 Å². The number of halogens is 14. The minimum atomic E-state index is -1.89. The van der Waals surface area contributed by atoms with E-state index in [9.17, 15) is 0 Å². The van der Waals surface area contributed by atoms with Crippen LogP contribution < -0.4 is 0 Å². The van der Waals surface area contributed by atoms with Crippen molar-refractivity contribution in [1.82, 2.24) is 27.2 Å². The molecule has 0 aliphatic carbocycles. The van der Waals surface area contributed by atoms with E-state index in [1.54, 1.807) is 14.1 Å². The van der Waals surface area contributed by atoms with Crippen LogP contribution in [-0.4, -0.2) is 245 Å². The van der Waals surface area contributed by atoms with E-state index < -0.39 is 87.7 Å². The molecule has 0 bridgehead atoms. The Hall–Kier alpha value is 2.26. The van der Waals surface area contributed by atoms with Gasteiger partial charge in [-0.15, -0.1) is 0 Å². The first-order valence-electron chi connectivity index (χ1n) is 39.0. The molecule has 0 saturated carbocycles. The van der Waals surface area contributed by atoms with Crippen molar-refractivity contribution in [3.05, 3.63) is 82.4 Å². The quantitative estimate of drug-likeness (QED) is 0.0443. The van der Waals surface area contributed by atoms with Crippen molar-refractivity contribution in [1.29, 1.82) is 0 Å². The molecule has 0 spiro atoms. The monoisotopic (exact) mass is 1920 g/mol. The van der Waals surface area contributed by atoms with Crippen LogP contribution in [0, 0.1) is 0 Å². The summed E-state index contributed by atoms with van der Waals surface area (Å²) in [5.41, 5.74) is 15.5. The average molecular weight is 1930 g/mol. The van der Waals surface area contributed by atoms with Gasteiger partial charge in [-0.05, 0) is 312 Å². The topological polar surface area (TPSA) is 109 Å². The fraction of sp³-hybridized carbons (Fsp3) is 0.720. The molecule has 2 atom stereocenters. The summed E-state index contributed by atoms with van der Waals surface area (Å²) >= 11 is -12.7. The van der Waals surface area contributed by atoms with Crippen molar-refractivity contribution in [3.8, 4) is 0 Å². The first-order chi connectivity index (χ1) is 51.2. The normalized spacial score (nSPS) is 13.7. The number of allylic oxidation sites excluding steroid dienone is 14. The molecule has 632 valence electrons. The third-order valence-corrected chi connectivity index (χ3v) is 34.7. The van der Waals surface area contributed by atoms with E-state index >= 15 is 0 Å². The zero-order valence-electron chi connectivity index (χ0n) is 74.0. The van der Waals surface area contributed by atoms with E-state index in [0.29, 0.717) is 36.3 Å². The van der Waals surface area contributed by atoms with Gasteiger partial charge >= 0.3 is 87.7 Å². The van der Waals surface area contributed by atoms with Crippen molar-refractivity contribution in [3.63, 3.8) is 0 Å². The highest BCUT2D eigenvalue weighted by Crippen LogP contribution is 2.25. The minimum absolute atomic E-state index is 0.316. The summed E-state index contributed by atoms with van der Waals surface area (Å²) < 4.78 is 14.5. The average Bonchev–Trinajstić information content (AvgIpc) is 0.874. The zero-order valence-corrected chi connectivity index (χ0v) is 92.7. The second-order valence-electron chi connectivity index (χ2n) is 26.2. The Labute approximate surface area is 765 Å². The molecule has 0 saturated heterocycles. The maximum atomic E-state index is 6.30. The molecule has 0 aromatic heterocycles. The van der Waals surface area contributed by atoms with E-state index in [-0.39, 0.29) is 0 Å². The minimum Gasteiger partial charge on any atom is -0.444 e. The molecule has 0 aromatic carbocycles. The molecule has 14 nitrogen and oxygen atoms in total. The molecule has 0 aliphatic rings. The summed E-state index contributed by atoms with van der Waals surface area (Å²) in [5.74, 6) is 0. The van der Waals surface area contributed by atoms with Crippen molar-refractivity contribution < 1.29 is 0 Å². The Kier molecular flexibility index (Phi) is 88.2. The van der Waals surface area contributed by atoms with E-state index in [1.165, 1.54) is 17.1 Å². The van der Waals surface area contributed by atoms with Gasteiger partial charge in [-0.2, -0.15) is 0 Å². The van der Waals surface area contributed by atoms with Gasteiger partial charge in [-0.3, -0.25) is 34.9 Å². The highest BCUT2D eigenvalue weighted by atomic mass is 35.7. The van der Waals surface area contributed by atoms with Crippen LogP contribution in [0.3, 0.4) is 0 Å². The lowest BCUT2D eigenvalue weighted by atomic mass is 10.1. The molecule has 0 amide bonds. The van der Waals surface area contributed by atoms with Crippen LogP contribution in [0.1, 0.15) is 272 Å². The fourth-order valence-corrected chi connectivity index (χ4v) is 26.3. The molecule has 110 heavy (non-hydrogen) atoms. The molecule has 0 N–H and O–H groups in total. The number of hydrogen-bond donors (Lipinski definition) is 0. The molecular weight excluding hydrogens is 1780 g/mol. The first kappa shape index (κ1) is 125. The molecular formula is C75H143Al7Cl14N14. The molecule has 35 heteroatoms. The molecule has 0 radical (unpaired) electrons. The van der Waals surface area contributed by atoms with Gasteiger partial charge in [-0.25, -0.2) is 141 Å². The van der Waals surface area contributed by atoms with Gasteiger partial charge in [0.2, 0.25) is 0 Å². The van der Waals surface area contributed by atoms with Crippen LogP contribution in [0.5, 0.6) is 0 Å². The predicted molar refractivity (Wildman–Crippen MR) is 526 cm³/mol. The van der Waals surface area contributed by atoms with E-state index in [1.807, 2.05) is 106 Å². The lowest BCUT2D eigenvalue weighted by Crippen LogP contribution is -2.38. The summed E-state index contributed by atoms with van der Waals surface area (Å²) in [6, 6.07) is 2.05. The lowest BCUT2D eigenvalue weighted by Gasteiger charge is -2.33. The van der Waals surface area contributed by atoms with Gasteiger partial charge in [0.25, 0.3) is 0 Å². The standard InChI is InChI=1S/C15H29N2.C13H25N2.2C11H21N2.2C9H17N2.C7H13N2.7Al.14ClH/c1-7-12(5)16-14(9-3)11-15(10-4)17-13(6)8-2;1-7-12(14-10(3)4)9-13(8-2)15-11(5)6;1-8(2)12-10(5)7-11(6)13-9(3)4;1-5-10(12-7-3)9-11(6-2)13-8-4;1-5-8(10-3)7-9(6-2)11-4;1-5-10-8(3)7-9(4)11-6-2;1-6(8-3)5-7(2)9-4;;;;;;;;;;;;;;;;;;;;;/h11-13H,7-10H2,1-6H3;9-11H,7-8H2,1-6H3;7-9H,1-6H3;9H,5-8H2,1-4H3;2*7H,5-6H2,1-4H3;5H,1-4H3;;;;;;;;14*1H/q7*-1;7*+3;;;;;;;;;;;;;;/p-14/b14-11-,17-15?;12-9-,15-13?;10-7-,13-11?;10-9-,13-11?;2*8-7-,11-9?;6-5-,9-7?;;;;;;;;;;;;;;;;;;;;;. The maximum absolute atomic E-state index is 6.30. The Morgan fingerprint density at radius 3 is 1.00 bits per heavy atom. The van der Waals surface area contributed by atoms with Crippen LogP contribution >= 0.6 is 141 Å². The van der Waals surface area contributed by atoms with Crippen molar-refractivity contribution in [2.24, 2.45) is 34.9 Å². The Balaban J connectivity index is -0.000000226. The van der Waals surface area contributed by atoms with Gasteiger partial charge in [0, 0.05) is 103 Å². The van der Waals surface area contributed by atoms with Crippen LogP contribution in [0.25, 0.3) is 0 Å². The molecule has 0 fully saturated rings. The van der Waals surface area contributed by atoms with Crippen LogP contribution in [0.15, 0.2) is 117 Å². The van der Waals surface area contributed by atoms with Gasteiger partial charge < -0.3 is 27.2 Å². The Morgan fingerprint density at radius 2 is 0.691 bits per heavy atom. The van der Waals surface area contributed by atoms with Crippen LogP contribution in [-0.2, 0) is 0 Å². The van der Waals surface area contributed by atoms with Gasteiger partial charge in [0.05, 0.1) is 0 Å². The van der Waals surface area contributed by atoms with Crippen molar-refractivity contribution in [2.45, 2.75) is 308 Å². The smallest absolute Gasteiger partial charge is 0.444 e. The second kappa shape index (κ2) is 77.3. The molecule has 0 aliphatic heterocycles. The third-order valence-electron chi connectivity index (χ3n) is 16.2. The summed E-state index contributed by atoms with van der Waals surface area (Å²) in [6.45, 7) is 65.9. The highest BCUT2D eigenvalue weighted by molar-refractivity contribution is 7.34. The zero-order chi connectivity index (χ0) is 87.4. The number of hydrogen-bond acceptors (Lipinski definition) is 14. The fourth-order valence-electron chi connectivity index (χ4n) is 9.81. The molecule has 2 unspecified atom stereocenters. The summed E-state index contributed by atoms with van der Waals surface area (Å²) in [5, 5.41) is 0. The second-order valence-corrected chi connectivity index (χ2v) is 56.7. The third kappa shape index (κ3) is 63.2. The van der Waals surface area contributed by atoms with E-state index in [2.05, 4.69) is 215 Å². The highest BCUT2D eigenvalue weighted by Gasteiger charge is 2.31. The van der Waals surface area contributed by atoms with Crippen molar-refractivity contribution >= 4 is 268 Å². The maximum Gasteiger partial charge on any atom is 0.675 e. The van der Waals surface area contributed by atoms with Crippen LogP contribution in [0.2, 0.25) is 0 Å². The molecule has 0 aromatic rings. The van der Waals surface area contributed by atoms with E-state index in [4.69, 9.17) is 146 Å². The number of rotatable bonds is 41. The van der Waals surface area contributed by atoms with Gasteiger partial charge in [-0.1, -0.05) is 69.2 Å². The van der Waals surface area contributed by atoms with Crippen LogP contribution in [0.4, 0.5) is 0 Å². The predicted octanol–water partition coefficient (Wildman–Crippen LogP) is 26.8. The molecule has 0 rings (SSSR count). The Morgan fingerprint density at radius 1 is 0.318 bits per heavy atom. The van der Waals surface area contributed by atoms with E-state index in [0.717, 1.165) is 153 Å². The van der Waals surface area contributed by atoms with Gasteiger partial charge in [0.15, 0.2) is 0 Å². The Bertz CT molecular complexity index is 2840. The number of aliphatic imine (C=N–C) groups is 7. The lowest BCUT2D eigenvalue weighted by molar-refractivity contribution is 0.402. The molecule has 0 heterocycles. The number of nitrogens with zero attached hydrogens (tertiary/aromatic N) is 14. The summed E-state index contributed by atoms with van der Waals surface area (Å²) in [6.07, 6.45) is 24.2. The summed E-state index contributed by atoms with van der Waals surface area (Å²) in [7, 11) is 92.0. The largest absolute Gasteiger partial charge is 0.675 e. The summed E-state index contributed by atoms with van der Waals surface area (Å²) in [4.78, 5) is 30.8. The first-order valence-corrected chi connectivity index (χ1v) is 67.0. The SMILES string of the molecule is CC(/C=C(/C)[N](C(C)C)[Al]([Cl])[Cl])=NC(C)C.CCC(/C=C(/CC)[N](C(C)C)[Al]([Cl])[Cl])=NC(C)C.CCC(/C=C(/CC)[N](C(C)CC)[Al]([Cl])[Cl])=NC(C)CC.CCC(/C=C(/CC)[N](C)[Al]([Cl])[Cl])=NC.CCN=C(/C=C(/CC)[N](CC)[Al]([Cl])[Cl])CC.CCN=C(C)/C=C(/C)[N](CC)[Al]([Cl])[Cl].CN=C(C)/C=C(/C)[N](C)[Al]([Cl])[Cl].